The Balaban J connectivity index is 1.97. The second-order valence-electron chi connectivity index (χ2n) is 10.6. The van der Waals surface area contributed by atoms with E-state index >= 15 is 0 Å². The van der Waals surface area contributed by atoms with Crippen LogP contribution in [0.5, 0.6) is 0 Å². The molecule has 0 aromatic carbocycles. The highest BCUT2D eigenvalue weighted by atomic mass is 15.1. The third-order valence-corrected chi connectivity index (χ3v) is 7.25. The summed E-state index contributed by atoms with van der Waals surface area (Å²) in [4.78, 5) is 4.27. The van der Waals surface area contributed by atoms with Crippen LogP contribution in [0.2, 0.25) is 0 Å². The van der Waals surface area contributed by atoms with Crippen molar-refractivity contribution in [2.75, 3.05) is 0 Å². The van der Waals surface area contributed by atoms with E-state index in [4.69, 9.17) is 0 Å². The zero-order valence-electron chi connectivity index (χ0n) is 21.3. The van der Waals surface area contributed by atoms with Crippen LogP contribution in [0.1, 0.15) is 144 Å². The SMILES string of the molecule is CCCCCCCCCCCCCCCCCC[C@@H](C(C)C)C(C)(C)n1ccnc1. The zero-order chi connectivity index (χ0) is 22.1. The van der Waals surface area contributed by atoms with Gasteiger partial charge in [-0.2, -0.15) is 0 Å². The summed E-state index contributed by atoms with van der Waals surface area (Å²) < 4.78 is 2.31. The molecule has 176 valence electrons. The first-order valence-electron chi connectivity index (χ1n) is 13.5. The second kappa shape index (κ2) is 16.8. The summed E-state index contributed by atoms with van der Waals surface area (Å²) >= 11 is 0. The second-order valence-corrected chi connectivity index (χ2v) is 10.6. The molecule has 1 atom stereocenters. The lowest BCUT2D eigenvalue weighted by Gasteiger charge is -2.38. The minimum absolute atomic E-state index is 0.153. The van der Waals surface area contributed by atoms with Gasteiger partial charge >= 0.3 is 0 Å². The van der Waals surface area contributed by atoms with E-state index in [9.17, 15) is 0 Å². The average Bonchev–Trinajstić information content (AvgIpc) is 3.25. The maximum atomic E-state index is 4.27. The highest BCUT2D eigenvalue weighted by Crippen LogP contribution is 2.35. The fourth-order valence-electron chi connectivity index (χ4n) is 5.21. The van der Waals surface area contributed by atoms with Gasteiger partial charge in [-0.25, -0.2) is 4.98 Å². The quantitative estimate of drug-likeness (QED) is 0.193. The molecular weight excluding hydrogens is 364 g/mol. The van der Waals surface area contributed by atoms with Gasteiger partial charge in [-0.3, -0.25) is 0 Å². The van der Waals surface area contributed by atoms with Crippen LogP contribution in [-0.4, -0.2) is 9.55 Å². The van der Waals surface area contributed by atoms with Gasteiger partial charge in [-0.05, 0) is 32.1 Å². The molecular formula is C28H54N2. The lowest BCUT2D eigenvalue weighted by molar-refractivity contribution is 0.147. The zero-order valence-corrected chi connectivity index (χ0v) is 21.3. The summed E-state index contributed by atoms with van der Waals surface area (Å²) in [6.45, 7) is 11.8. The van der Waals surface area contributed by atoms with Crippen LogP contribution < -0.4 is 0 Å². The molecule has 2 heteroatoms. The molecule has 1 rings (SSSR count). The van der Waals surface area contributed by atoms with Gasteiger partial charge in [-0.1, -0.05) is 124 Å². The first kappa shape index (κ1) is 27.2. The molecule has 0 N–H and O–H groups in total. The van der Waals surface area contributed by atoms with Crippen LogP contribution >= 0.6 is 0 Å². The number of imidazole rings is 1. The van der Waals surface area contributed by atoms with E-state index in [0.717, 1.165) is 0 Å². The number of nitrogens with zero attached hydrogens (tertiary/aromatic N) is 2. The normalized spacial score (nSPS) is 13.3. The number of hydrogen-bond acceptors (Lipinski definition) is 1. The smallest absolute Gasteiger partial charge is 0.0951 e. The topological polar surface area (TPSA) is 17.8 Å². The van der Waals surface area contributed by atoms with Crippen LogP contribution in [0.15, 0.2) is 18.7 Å². The first-order valence-corrected chi connectivity index (χ1v) is 13.5. The van der Waals surface area contributed by atoms with Crippen LogP contribution in [0.25, 0.3) is 0 Å². The Kier molecular flexibility index (Phi) is 15.3. The van der Waals surface area contributed by atoms with Gasteiger partial charge in [0, 0.05) is 17.9 Å². The summed E-state index contributed by atoms with van der Waals surface area (Å²) in [5, 5.41) is 0. The summed E-state index contributed by atoms with van der Waals surface area (Å²) in [6, 6.07) is 0. The van der Waals surface area contributed by atoms with Gasteiger partial charge in [0.05, 0.1) is 6.33 Å². The van der Waals surface area contributed by atoms with E-state index < -0.39 is 0 Å². The van der Waals surface area contributed by atoms with Crippen molar-refractivity contribution in [3.8, 4) is 0 Å². The Hall–Kier alpha value is -0.790. The van der Waals surface area contributed by atoms with Crippen LogP contribution in [-0.2, 0) is 5.54 Å². The minimum atomic E-state index is 0.153. The third-order valence-electron chi connectivity index (χ3n) is 7.25. The Morgan fingerprint density at radius 3 is 1.50 bits per heavy atom. The van der Waals surface area contributed by atoms with Gasteiger partial charge in [-0.15, -0.1) is 0 Å². The van der Waals surface area contributed by atoms with Gasteiger partial charge < -0.3 is 4.57 Å². The van der Waals surface area contributed by atoms with E-state index in [1.165, 1.54) is 109 Å². The molecule has 1 aromatic rings. The number of aromatic nitrogens is 2. The molecule has 0 unspecified atom stereocenters. The standard InChI is InChI=1S/C28H54N2/c1-6-7-8-9-10-11-12-13-14-15-16-17-18-19-20-21-22-27(26(2)3)28(4,5)30-24-23-29-25-30/h23-27H,6-22H2,1-5H3/t27-/m0/s1. The molecule has 0 saturated heterocycles. The molecule has 0 amide bonds. The highest BCUT2D eigenvalue weighted by Gasteiger charge is 2.32. The molecule has 0 saturated carbocycles. The van der Waals surface area contributed by atoms with E-state index in [1.807, 2.05) is 12.5 Å². The lowest BCUT2D eigenvalue weighted by Crippen LogP contribution is -2.37. The molecule has 2 nitrogen and oxygen atoms in total. The number of rotatable bonds is 20. The fourth-order valence-corrected chi connectivity index (χ4v) is 5.21. The van der Waals surface area contributed by atoms with Crippen molar-refractivity contribution in [1.82, 2.24) is 9.55 Å². The summed E-state index contributed by atoms with van der Waals surface area (Å²) in [6.07, 6.45) is 30.4. The molecule has 1 heterocycles. The number of hydrogen-bond donors (Lipinski definition) is 0. The fraction of sp³-hybridized carbons (Fsp3) is 0.893. The van der Waals surface area contributed by atoms with E-state index in [2.05, 4.69) is 50.4 Å². The molecule has 0 radical (unpaired) electrons. The van der Waals surface area contributed by atoms with Crippen molar-refractivity contribution >= 4 is 0 Å². The molecule has 0 fully saturated rings. The summed E-state index contributed by atoms with van der Waals surface area (Å²) in [7, 11) is 0. The summed E-state index contributed by atoms with van der Waals surface area (Å²) in [5.74, 6) is 1.41. The predicted molar refractivity (Wildman–Crippen MR) is 134 cm³/mol. The molecule has 0 spiro atoms. The van der Waals surface area contributed by atoms with Gasteiger partial charge in [0.2, 0.25) is 0 Å². The van der Waals surface area contributed by atoms with Crippen molar-refractivity contribution < 1.29 is 0 Å². The average molecular weight is 419 g/mol. The monoisotopic (exact) mass is 418 g/mol. The largest absolute Gasteiger partial charge is 0.332 e. The first-order chi connectivity index (χ1) is 14.5. The van der Waals surface area contributed by atoms with Crippen LogP contribution in [0.4, 0.5) is 0 Å². The molecule has 0 aliphatic rings. The van der Waals surface area contributed by atoms with Crippen molar-refractivity contribution in [1.29, 1.82) is 0 Å². The molecule has 1 aromatic heterocycles. The Labute approximate surface area is 189 Å². The maximum absolute atomic E-state index is 4.27. The van der Waals surface area contributed by atoms with Crippen LogP contribution in [0.3, 0.4) is 0 Å². The van der Waals surface area contributed by atoms with Crippen LogP contribution in [0, 0.1) is 11.8 Å². The van der Waals surface area contributed by atoms with Crippen molar-refractivity contribution in [3.05, 3.63) is 18.7 Å². The Morgan fingerprint density at radius 2 is 1.13 bits per heavy atom. The van der Waals surface area contributed by atoms with Crippen molar-refractivity contribution in [2.24, 2.45) is 11.8 Å². The highest BCUT2D eigenvalue weighted by molar-refractivity contribution is 4.91. The third kappa shape index (κ3) is 11.6. The van der Waals surface area contributed by atoms with Gasteiger partial charge in [0.15, 0.2) is 0 Å². The van der Waals surface area contributed by atoms with Crippen molar-refractivity contribution in [3.63, 3.8) is 0 Å². The minimum Gasteiger partial charge on any atom is -0.332 e. The number of unbranched alkanes of at least 4 members (excludes halogenated alkanes) is 15. The van der Waals surface area contributed by atoms with Crippen molar-refractivity contribution in [2.45, 2.75) is 149 Å². The van der Waals surface area contributed by atoms with E-state index in [1.54, 1.807) is 0 Å². The predicted octanol–water partition coefficient (Wildman–Crippen LogP) is 9.54. The Morgan fingerprint density at radius 1 is 0.700 bits per heavy atom. The molecule has 0 aliphatic heterocycles. The van der Waals surface area contributed by atoms with E-state index in [-0.39, 0.29) is 5.54 Å². The maximum Gasteiger partial charge on any atom is 0.0951 e. The Bertz CT molecular complexity index is 475. The summed E-state index contributed by atoms with van der Waals surface area (Å²) in [5.41, 5.74) is 0.153. The van der Waals surface area contributed by atoms with Gasteiger partial charge in [0.1, 0.15) is 0 Å². The molecule has 0 bridgehead atoms. The molecule has 30 heavy (non-hydrogen) atoms. The molecule has 0 aliphatic carbocycles. The van der Waals surface area contributed by atoms with E-state index in [0.29, 0.717) is 11.8 Å². The lowest BCUT2D eigenvalue weighted by atomic mass is 9.76. The van der Waals surface area contributed by atoms with Gasteiger partial charge in [0.25, 0.3) is 0 Å².